The normalized spacial score (nSPS) is 23.3. The molecule has 2 saturated heterocycles. The van der Waals surface area contributed by atoms with Gasteiger partial charge >= 0.3 is 6.03 Å². The number of nitrogens with one attached hydrogen (secondary N) is 1. The van der Waals surface area contributed by atoms with Gasteiger partial charge in [0, 0.05) is 26.2 Å². The van der Waals surface area contributed by atoms with Crippen molar-refractivity contribution >= 4 is 47.5 Å². The lowest BCUT2D eigenvalue weighted by atomic mass is 9.96. The fourth-order valence-corrected chi connectivity index (χ4v) is 3.88. The van der Waals surface area contributed by atoms with Gasteiger partial charge in [0.1, 0.15) is 0 Å². The zero-order valence-electron chi connectivity index (χ0n) is 14.3. The monoisotopic (exact) mass is 420 g/mol. The molecule has 2 heterocycles. The maximum atomic E-state index is 12.8. The van der Waals surface area contributed by atoms with E-state index in [0.717, 1.165) is 24.9 Å². The molecule has 2 aliphatic heterocycles. The van der Waals surface area contributed by atoms with E-state index in [9.17, 15) is 9.59 Å². The SMILES string of the molecule is Cl.NC(=O)N1CCN(C(=O)C2CCCNC2)CC1c1ccc(Cl)c(Cl)c1. The summed E-state index contributed by atoms with van der Waals surface area (Å²) < 4.78 is 0. The lowest BCUT2D eigenvalue weighted by Crippen LogP contribution is -2.55. The van der Waals surface area contributed by atoms with Gasteiger partial charge in [-0.2, -0.15) is 0 Å². The lowest BCUT2D eigenvalue weighted by molar-refractivity contribution is -0.138. The molecule has 2 aliphatic rings. The van der Waals surface area contributed by atoms with Crippen LogP contribution < -0.4 is 11.1 Å². The molecule has 0 spiro atoms. The number of piperazine rings is 1. The molecule has 144 valence electrons. The molecule has 1 aromatic rings. The van der Waals surface area contributed by atoms with E-state index in [2.05, 4.69) is 5.32 Å². The van der Waals surface area contributed by atoms with Crippen LogP contribution in [0.1, 0.15) is 24.4 Å². The first-order chi connectivity index (χ1) is 12.0. The quantitative estimate of drug-likeness (QED) is 0.770. The van der Waals surface area contributed by atoms with Crippen molar-refractivity contribution in [1.29, 1.82) is 0 Å². The number of carbonyl (C=O) groups is 2. The summed E-state index contributed by atoms with van der Waals surface area (Å²) in [6.07, 6.45) is 1.91. The molecule has 0 bridgehead atoms. The first-order valence-electron chi connectivity index (χ1n) is 8.48. The van der Waals surface area contributed by atoms with E-state index in [1.807, 2.05) is 11.0 Å². The Bertz CT molecular complexity index is 667. The summed E-state index contributed by atoms with van der Waals surface area (Å²) in [4.78, 5) is 28.1. The number of primary amides is 1. The standard InChI is InChI=1S/C17H22Cl2N4O2.ClH/c18-13-4-3-11(8-14(13)19)15-10-22(6-7-23(15)17(20)25)16(24)12-2-1-5-21-9-12;/h3-4,8,12,15,21H,1-2,5-7,9-10H2,(H2,20,25);1H. The second-order valence-corrected chi connectivity index (χ2v) is 7.36. The van der Waals surface area contributed by atoms with Crippen LogP contribution in [0.5, 0.6) is 0 Å². The summed E-state index contributed by atoms with van der Waals surface area (Å²) in [5.41, 5.74) is 6.37. The summed E-state index contributed by atoms with van der Waals surface area (Å²) in [5.74, 6) is 0.143. The first-order valence-corrected chi connectivity index (χ1v) is 9.23. The molecule has 6 nitrogen and oxygen atoms in total. The molecule has 26 heavy (non-hydrogen) atoms. The summed E-state index contributed by atoms with van der Waals surface area (Å²) in [5, 5.41) is 4.15. The second kappa shape index (κ2) is 9.13. The van der Waals surface area contributed by atoms with Gasteiger partial charge in [0.25, 0.3) is 0 Å². The molecular formula is C17H23Cl3N4O2. The van der Waals surface area contributed by atoms with Gasteiger partial charge in [-0.3, -0.25) is 4.79 Å². The van der Waals surface area contributed by atoms with Crippen LogP contribution in [0, 0.1) is 5.92 Å². The van der Waals surface area contributed by atoms with E-state index in [4.69, 9.17) is 28.9 Å². The smallest absolute Gasteiger partial charge is 0.315 e. The van der Waals surface area contributed by atoms with Crippen molar-refractivity contribution < 1.29 is 9.59 Å². The molecule has 2 atom stereocenters. The fraction of sp³-hybridized carbons (Fsp3) is 0.529. The average Bonchev–Trinajstić information content (AvgIpc) is 2.63. The molecule has 2 fully saturated rings. The van der Waals surface area contributed by atoms with Crippen molar-refractivity contribution in [2.24, 2.45) is 11.7 Å². The van der Waals surface area contributed by atoms with Crippen molar-refractivity contribution in [3.05, 3.63) is 33.8 Å². The molecule has 0 aliphatic carbocycles. The highest BCUT2D eigenvalue weighted by molar-refractivity contribution is 6.42. The fourth-order valence-electron chi connectivity index (χ4n) is 3.57. The Labute approximate surface area is 169 Å². The van der Waals surface area contributed by atoms with Crippen LogP contribution in [0.2, 0.25) is 10.0 Å². The number of piperidine rings is 1. The van der Waals surface area contributed by atoms with Crippen LogP contribution >= 0.6 is 35.6 Å². The molecule has 9 heteroatoms. The molecule has 0 aromatic heterocycles. The number of nitrogens with zero attached hydrogens (tertiary/aromatic N) is 2. The lowest BCUT2D eigenvalue weighted by Gasteiger charge is -2.42. The van der Waals surface area contributed by atoms with Crippen molar-refractivity contribution in [3.8, 4) is 0 Å². The highest BCUT2D eigenvalue weighted by Crippen LogP contribution is 2.31. The van der Waals surface area contributed by atoms with Crippen molar-refractivity contribution in [2.45, 2.75) is 18.9 Å². The van der Waals surface area contributed by atoms with Crippen LogP contribution in [0.3, 0.4) is 0 Å². The minimum Gasteiger partial charge on any atom is -0.351 e. The van der Waals surface area contributed by atoms with Gasteiger partial charge in [0.05, 0.1) is 22.0 Å². The Hall–Kier alpha value is -1.21. The van der Waals surface area contributed by atoms with Crippen LogP contribution in [-0.4, -0.2) is 54.5 Å². The second-order valence-electron chi connectivity index (χ2n) is 6.55. The number of hydrogen-bond acceptors (Lipinski definition) is 3. The predicted molar refractivity (Wildman–Crippen MR) is 105 cm³/mol. The Balaban J connectivity index is 0.00000243. The Morgan fingerprint density at radius 2 is 1.96 bits per heavy atom. The van der Waals surface area contributed by atoms with E-state index < -0.39 is 6.03 Å². The number of rotatable bonds is 2. The van der Waals surface area contributed by atoms with Crippen LogP contribution in [-0.2, 0) is 4.79 Å². The number of halogens is 3. The van der Waals surface area contributed by atoms with E-state index >= 15 is 0 Å². The van der Waals surface area contributed by atoms with Gasteiger partial charge in [-0.25, -0.2) is 4.79 Å². The summed E-state index contributed by atoms with van der Waals surface area (Å²) in [6.45, 7) is 3.00. The van der Waals surface area contributed by atoms with Crippen molar-refractivity contribution in [1.82, 2.24) is 15.1 Å². The van der Waals surface area contributed by atoms with Crippen LogP contribution in [0.15, 0.2) is 18.2 Å². The van der Waals surface area contributed by atoms with E-state index in [1.54, 1.807) is 17.0 Å². The molecule has 3 rings (SSSR count). The molecule has 3 N–H and O–H groups in total. The van der Waals surface area contributed by atoms with Crippen LogP contribution in [0.4, 0.5) is 4.79 Å². The highest BCUT2D eigenvalue weighted by Gasteiger charge is 2.35. The van der Waals surface area contributed by atoms with Gasteiger partial charge in [0.15, 0.2) is 0 Å². The highest BCUT2D eigenvalue weighted by atomic mass is 35.5. The molecule has 1 aromatic carbocycles. The van der Waals surface area contributed by atoms with Gasteiger partial charge in [-0.05, 0) is 37.1 Å². The number of nitrogens with two attached hydrogens (primary N) is 1. The van der Waals surface area contributed by atoms with Gasteiger partial charge in [0.2, 0.25) is 5.91 Å². The Morgan fingerprint density at radius 1 is 1.19 bits per heavy atom. The minimum atomic E-state index is -0.498. The molecular weight excluding hydrogens is 399 g/mol. The van der Waals surface area contributed by atoms with Crippen LogP contribution in [0.25, 0.3) is 0 Å². The van der Waals surface area contributed by atoms with E-state index in [1.165, 1.54) is 0 Å². The average molecular weight is 422 g/mol. The largest absolute Gasteiger partial charge is 0.351 e. The number of hydrogen-bond donors (Lipinski definition) is 2. The summed E-state index contributed by atoms with van der Waals surface area (Å²) in [7, 11) is 0. The number of amides is 3. The first kappa shape index (κ1) is 21.1. The van der Waals surface area contributed by atoms with Gasteiger partial charge in [-0.1, -0.05) is 29.3 Å². The van der Waals surface area contributed by atoms with Crippen molar-refractivity contribution in [3.63, 3.8) is 0 Å². The maximum Gasteiger partial charge on any atom is 0.315 e. The minimum absolute atomic E-state index is 0. The van der Waals surface area contributed by atoms with E-state index in [-0.39, 0.29) is 30.3 Å². The van der Waals surface area contributed by atoms with Gasteiger partial charge in [-0.15, -0.1) is 12.4 Å². The third kappa shape index (κ3) is 4.55. The topological polar surface area (TPSA) is 78.7 Å². The number of carbonyl (C=O) groups excluding carboxylic acids is 2. The third-order valence-electron chi connectivity index (χ3n) is 4.95. The third-order valence-corrected chi connectivity index (χ3v) is 5.69. The summed E-state index contributed by atoms with van der Waals surface area (Å²) in [6, 6.07) is 4.44. The van der Waals surface area contributed by atoms with E-state index in [0.29, 0.717) is 36.2 Å². The zero-order chi connectivity index (χ0) is 18.0. The number of urea groups is 1. The Morgan fingerprint density at radius 3 is 2.58 bits per heavy atom. The molecule has 2 unspecified atom stereocenters. The molecule has 0 radical (unpaired) electrons. The maximum absolute atomic E-state index is 12.8. The zero-order valence-corrected chi connectivity index (χ0v) is 16.6. The van der Waals surface area contributed by atoms with Crippen molar-refractivity contribution in [2.75, 3.05) is 32.7 Å². The molecule has 0 saturated carbocycles. The summed E-state index contributed by atoms with van der Waals surface area (Å²) >= 11 is 12.1. The number of benzene rings is 1. The predicted octanol–water partition coefficient (Wildman–Crippen LogP) is 2.68. The Kier molecular flexibility index (Phi) is 7.41. The molecule has 3 amide bonds. The van der Waals surface area contributed by atoms with Gasteiger partial charge < -0.3 is 20.9 Å².